The number of pyridine rings is 1. The maximum absolute atomic E-state index is 13.5. The molecule has 0 atom stereocenters. The van der Waals surface area contributed by atoms with E-state index < -0.39 is 24.2 Å². The van der Waals surface area contributed by atoms with Gasteiger partial charge in [-0.15, -0.1) is 0 Å². The molecule has 1 aliphatic rings. The lowest BCUT2D eigenvalue weighted by molar-refractivity contribution is -0.123. The molecule has 0 unspecified atom stereocenters. The number of benzene rings is 2. The zero-order valence-electron chi connectivity index (χ0n) is 21.7. The molecule has 0 spiro atoms. The van der Waals surface area contributed by atoms with E-state index >= 15 is 0 Å². The fraction of sp³-hybridized carbons (Fsp3) is 0.333. The highest BCUT2D eigenvalue weighted by Crippen LogP contribution is 2.36. The topological polar surface area (TPSA) is 89.0 Å². The van der Waals surface area contributed by atoms with Crippen LogP contribution in [-0.4, -0.2) is 51.9 Å². The van der Waals surface area contributed by atoms with E-state index in [1.807, 2.05) is 54.6 Å². The summed E-state index contributed by atoms with van der Waals surface area (Å²) in [7, 11) is -3.98. The first-order valence-electron chi connectivity index (χ1n) is 12.2. The number of nitrogens with zero attached hydrogens (tertiary/aromatic N) is 3. The summed E-state index contributed by atoms with van der Waals surface area (Å²) < 4.78 is 40.5. The molecule has 10 heteroatoms. The monoisotopic (exact) mass is 539 g/mol. The number of hydrogen-bond donors (Lipinski definition) is 0. The van der Waals surface area contributed by atoms with E-state index in [1.54, 1.807) is 19.2 Å². The predicted octanol–water partition coefficient (Wildman–Crippen LogP) is 4.49. The van der Waals surface area contributed by atoms with Gasteiger partial charge in [-0.1, -0.05) is 62.1 Å². The van der Waals surface area contributed by atoms with Gasteiger partial charge >= 0.3 is 10.2 Å². The van der Waals surface area contributed by atoms with E-state index in [-0.39, 0.29) is 19.7 Å². The zero-order chi connectivity index (χ0) is 26.6. The third kappa shape index (κ3) is 6.50. The van der Waals surface area contributed by atoms with Crippen molar-refractivity contribution in [2.75, 3.05) is 24.5 Å². The van der Waals surface area contributed by atoms with Crippen LogP contribution in [0.4, 0.5) is 5.69 Å². The van der Waals surface area contributed by atoms with Gasteiger partial charge in [0.05, 0.1) is 12.8 Å². The molecule has 2 aromatic carbocycles. The smallest absolute Gasteiger partial charge is 0.329 e. The molecule has 196 valence electrons. The Labute approximate surface area is 220 Å². The summed E-state index contributed by atoms with van der Waals surface area (Å²) in [6.07, 6.45) is 0.507. The minimum Gasteiger partial charge on any atom is -0.487 e. The summed E-state index contributed by atoms with van der Waals surface area (Å²) in [6.45, 7) is 6.69. The summed E-state index contributed by atoms with van der Waals surface area (Å²) in [5.74, 6) is 0.499. The van der Waals surface area contributed by atoms with Gasteiger partial charge in [0.15, 0.2) is 0 Å². The zero-order valence-corrected chi connectivity index (χ0v) is 23.5. The second kappa shape index (κ2) is 10.9. The third-order valence-electron chi connectivity index (χ3n) is 6.08. The van der Waals surface area contributed by atoms with Crippen molar-refractivity contribution < 1.29 is 22.7 Å². The fourth-order valence-electron chi connectivity index (χ4n) is 4.02. The van der Waals surface area contributed by atoms with Crippen LogP contribution in [0.25, 0.3) is 0 Å². The molecular weight excluding hydrogens is 506 g/mol. The van der Waals surface area contributed by atoms with Crippen molar-refractivity contribution in [2.24, 2.45) is 0 Å². The van der Waals surface area contributed by atoms with Gasteiger partial charge < -0.3 is 9.47 Å². The molecule has 1 aromatic heterocycles. The number of ether oxygens (including phenoxy) is 2. The van der Waals surface area contributed by atoms with Crippen LogP contribution in [-0.2, 0) is 28.0 Å². The van der Waals surface area contributed by atoms with Crippen molar-refractivity contribution in [3.05, 3.63) is 83.6 Å². The minimum absolute atomic E-state index is 0.202. The van der Waals surface area contributed by atoms with Crippen molar-refractivity contribution in [3.63, 3.8) is 0 Å². The summed E-state index contributed by atoms with van der Waals surface area (Å²) in [4.78, 5) is 17.3. The summed E-state index contributed by atoms with van der Waals surface area (Å²) in [5.41, 5.74) is 3.00. The predicted molar refractivity (Wildman–Crippen MR) is 147 cm³/mol. The Bertz CT molecular complexity index is 1360. The Kier molecular flexibility index (Phi) is 7.89. The van der Waals surface area contributed by atoms with Crippen LogP contribution in [0.5, 0.6) is 11.6 Å². The number of anilines is 1. The average molecular weight is 540 g/mol. The lowest BCUT2D eigenvalue weighted by Crippen LogP contribution is -2.37. The van der Waals surface area contributed by atoms with Crippen LogP contribution in [0, 0.1) is 0 Å². The second-order valence-corrected chi connectivity index (χ2v) is 17.6. The van der Waals surface area contributed by atoms with Crippen LogP contribution in [0.2, 0.25) is 25.7 Å². The van der Waals surface area contributed by atoms with Gasteiger partial charge in [-0.05, 0) is 35.4 Å². The van der Waals surface area contributed by atoms with Crippen molar-refractivity contribution >= 4 is 29.9 Å². The van der Waals surface area contributed by atoms with Crippen molar-refractivity contribution in [1.82, 2.24) is 9.29 Å². The number of rotatable bonds is 10. The summed E-state index contributed by atoms with van der Waals surface area (Å²) in [5, 5.41) is 0. The highest BCUT2D eigenvalue weighted by molar-refractivity contribution is 7.91. The molecule has 0 N–H and O–H groups in total. The Hall–Kier alpha value is -3.37. The number of carbonyl (C=O) groups is 1. The molecule has 8 nitrogen and oxygen atoms in total. The quantitative estimate of drug-likeness (QED) is 0.353. The van der Waals surface area contributed by atoms with Crippen LogP contribution >= 0.6 is 0 Å². The van der Waals surface area contributed by atoms with Crippen LogP contribution in [0.3, 0.4) is 0 Å². The molecule has 2 heterocycles. The molecule has 0 saturated carbocycles. The molecule has 1 fully saturated rings. The molecule has 0 radical (unpaired) electrons. The highest BCUT2D eigenvalue weighted by Gasteiger charge is 2.43. The maximum atomic E-state index is 13.5. The lowest BCUT2D eigenvalue weighted by Gasteiger charge is -2.24. The molecule has 3 aromatic rings. The Morgan fingerprint density at radius 3 is 2.43 bits per heavy atom. The standard InChI is InChI=1S/C27H33N3O5SSi/c1-34-26-12-8-11-23(28-26)17-22-13-14-24(25(18-22)35-20-21-9-6-5-7-10-21)30-19-27(31)29(36(30,32)33)15-16-37(2,3)4/h5-14,18H,15-17,19-20H2,1-4H3. The summed E-state index contributed by atoms with van der Waals surface area (Å²) >= 11 is 0. The van der Waals surface area contributed by atoms with Gasteiger partial charge in [-0.2, -0.15) is 8.42 Å². The Morgan fingerprint density at radius 1 is 0.973 bits per heavy atom. The molecule has 1 amide bonds. The lowest BCUT2D eigenvalue weighted by atomic mass is 10.1. The maximum Gasteiger partial charge on any atom is 0.329 e. The number of hydrogen-bond acceptors (Lipinski definition) is 6. The van der Waals surface area contributed by atoms with E-state index in [1.165, 1.54) is 0 Å². The van der Waals surface area contributed by atoms with Crippen molar-refractivity contribution in [2.45, 2.75) is 38.7 Å². The average Bonchev–Trinajstić information content (AvgIpc) is 3.09. The molecule has 1 saturated heterocycles. The fourth-order valence-corrected chi connectivity index (χ4v) is 6.63. The number of methoxy groups -OCH3 is 1. The largest absolute Gasteiger partial charge is 0.487 e. The van der Waals surface area contributed by atoms with Gasteiger partial charge in [0.25, 0.3) is 5.91 Å². The van der Waals surface area contributed by atoms with Gasteiger partial charge in [-0.3, -0.25) is 4.79 Å². The first-order chi connectivity index (χ1) is 17.6. The van der Waals surface area contributed by atoms with Crippen LogP contribution < -0.4 is 13.8 Å². The first kappa shape index (κ1) is 26.7. The number of aromatic nitrogens is 1. The molecule has 1 aliphatic heterocycles. The van der Waals surface area contributed by atoms with E-state index in [0.29, 0.717) is 29.8 Å². The van der Waals surface area contributed by atoms with Gasteiger partial charge in [-0.25, -0.2) is 13.6 Å². The summed E-state index contributed by atoms with van der Waals surface area (Å²) in [6, 6.07) is 21.3. The van der Waals surface area contributed by atoms with Crippen molar-refractivity contribution in [1.29, 1.82) is 0 Å². The van der Waals surface area contributed by atoms with E-state index in [0.717, 1.165) is 25.4 Å². The van der Waals surface area contributed by atoms with E-state index in [4.69, 9.17) is 9.47 Å². The second-order valence-electron chi connectivity index (χ2n) is 10.2. The highest BCUT2D eigenvalue weighted by atomic mass is 32.2. The number of amides is 1. The first-order valence-corrected chi connectivity index (χ1v) is 17.3. The minimum atomic E-state index is -4.01. The molecule has 0 bridgehead atoms. The van der Waals surface area contributed by atoms with E-state index in [2.05, 4.69) is 24.6 Å². The third-order valence-corrected chi connectivity index (χ3v) is 9.63. The van der Waals surface area contributed by atoms with Crippen LogP contribution in [0.1, 0.15) is 16.8 Å². The normalized spacial score (nSPS) is 15.2. The van der Waals surface area contributed by atoms with Crippen molar-refractivity contribution in [3.8, 4) is 11.6 Å². The Balaban J connectivity index is 1.65. The molecule has 0 aliphatic carbocycles. The SMILES string of the molecule is COc1cccc(Cc2ccc(N3CC(=O)N(CC[Si](C)(C)C)S3(=O)=O)c(OCc3ccccc3)c2)n1. The number of carbonyl (C=O) groups excluding carboxylic acids is 1. The van der Waals surface area contributed by atoms with Crippen LogP contribution in [0.15, 0.2) is 66.7 Å². The van der Waals surface area contributed by atoms with Gasteiger partial charge in [0, 0.05) is 32.8 Å². The Morgan fingerprint density at radius 2 is 1.73 bits per heavy atom. The van der Waals surface area contributed by atoms with E-state index in [9.17, 15) is 13.2 Å². The molecule has 4 rings (SSSR count). The van der Waals surface area contributed by atoms with Gasteiger partial charge in [0.2, 0.25) is 5.88 Å². The molecular formula is C27H33N3O5SSi. The molecule has 37 heavy (non-hydrogen) atoms. The van der Waals surface area contributed by atoms with Gasteiger partial charge in [0.1, 0.15) is 18.9 Å².